The monoisotopic (exact) mass is 256 g/mol. The molecule has 1 heterocycles. The molecule has 0 saturated carbocycles. The van der Waals surface area contributed by atoms with Gasteiger partial charge in [0.1, 0.15) is 0 Å². The molecule has 0 aliphatic carbocycles. The number of carbonyl (C=O) groups is 3. The van der Waals surface area contributed by atoms with Gasteiger partial charge < -0.3 is 10.2 Å². The molecule has 0 aromatic heterocycles. The number of amides is 4. The third-order valence-corrected chi connectivity index (χ3v) is 2.88. The molecule has 0 aromatic carbocycles. The Morgan fingerprint density at radius 2 is 1.83 bits per heavy atom. The average molecular weight is 256 g/mol. The average Bonchev–Trinajstić information content (AvgIpc) is 2.88. The van der Waals surface area contributed by atoms with Gasteiger partial charge in [-0.2, -0.15) is 0 Å². The van der Waals surface area contributed by atoms with E-state index in [0.717, 1.165) is 25.9 Å². The first-order valence-corrected chi connectivity index (χ1v) is 6.08. The molecule has 0 spiro atoms. The van der Waals surface area contributed by atoms with Crippen molar-refractivity contribution in [3.05, 3.63) is 0 Å². The maximum Gasteiger partial charge on any atom is 0.321 e. The lowest BCUT2D eigenvalue weighted by atomic mass is 10.3. The molecule has 4 amide bonds. The highest BCUT2D eigenvalue weighted by molar-refractivity contribution is 5.96. The largest absolute Gasteiger partial charge is 0.342 e. The van der Waals surface area contributed by atoms with Crippen LogP contribution in [-0.4, -0.2) is 55.5 Å². The highest BCUT2D eigenvalue weighted by atomic mass is 16.2. The van der Waals surface area contributed by atoms with Crippen LogP contribution in [0.5, 0.6) is 0 Å². The summed E-state index contributed by atoms with van der Waals surface area (Å²) in [6, 6.07) is -1.15. The van der Waals surface area contributed by atoms with Crippen LogP contribution < -0.4 is 16.0 Å². The Balaban J connectivity index is 2.27. The van der Waals surface area contributed by atoms with Crippen molar-refractivity contribution < 1.29 is 14.4 Å². The van der Waals surface area contributed by atoms with Gasteiger partial charge in [0.05, 0.1) is 12.6 Å². The lowest BCUT2D eigenvalue weighted by Crippen LogP contribution is -2.49. The molecule has 102 valence electrons. The molecular weight excluding hydrogens is 236 g/mol. The minimum absolute atomic E-state index is 0.00732. The topological polar surface area (TPSA) is 90.5 Å². The van der Waals surface area contributed by atoms with Gasteiger partial charge in [0.25, 0.3) is 0 Å². The Morgan fingerprint density at radius 3 is 2.39 bits per heavy atom. The van der Waals surface area contributed by atoms with Crippen LogP contribution in [0.15, 0.2) is 0 Å². The van der Waals surface area contributed by atoms with Gasteiger partial charge in [-0.25, -0.2) is 4.79 Å². The molecule has 18 heavy (non-hydrogen) atoms. The first-order valence-electron chi connectivity index (χ1n) is 6.08. The second-order valence-corrected chi connectivity index (χ2v) is 4.26. The van der Waals surface area contributed by atoms with E-state index in [-0.39, 0.29) is 12.5 Å². The molecule has 7 heteroatoms. The molecule has 1 unspecified atom stereocenters. The minimum atomic E-state index is -0.589. The fraction of sp³-hybridized carbons (Fsp3) is 0.727. The maximum atomic E-state index is 11.7. The molecule has 3 N–H and O–H groups in total. The summed E-state index contributed by atoms with van der Waals surface area (Å²) in [7, 11) is 1.43. The highest BCUT2D eigenvalue weighted by Crippen LogP contribution is 2.06. The highest BCUT2D eigenvalue weighted by Gasteiger charge is 2.20. The molecule has 1 rings (SSSR count). The summed E-state index contributed by atoms with van der Waals surface area (Å²) in [5.74, 6) is -0.462. The first-order chi connectivity index (χ1) is 8.54. The number of carbonyl (C=O) groups excluding carboxylic acids is 3. The van der Waals surface area contributed by atoms with E-state index in [1.165, 1.54) is 7.05 Å². The van der Waals surface area contributed by atoms with Crippen molar-refractivity contribution in [1.82, 2.24) is 20.9 Å². The number of urea groups is 1. The minimum Gasteiger partial charge on any atom is -0.342 e. The standard InChI is InChI=1S/C11H20N4O3/c1-8(10(17)14-11(18)12-2)13-7-9(16)15-5-3-4-6-15/h8,13H,3-7H2,1-2H3,(H2,12,14,17,18). The van der Waals surface area contributed by atoms with Crippen LogP contribution in [0.4, 0.5) is 4.79 Å². The van der Waals surface area contributed by atoms with Gasteiger partial charge in [-0.05, 0) is 19.8 Å². The fourth-order valence-corrected chi connectivity index (χ4v) is 1.69. The maximum absolute atomic E-state index is 11.7. The molecule has 0 bridgehead atoms. The van der Waals surface area contributed by atoms with E-state index >= 15 is 0 Å². The number of nitrogens with zero attached hydrogens (tertiary/aromatic N) is 1. The molecule has 7 nitrogen and oxygen atoms in total. The third-order valence-electron chi connectivity index (χ3n) is 2.88. The van der Waals surface area contributed by atoms with Gasteiger partial charge in [-0.15, -0.1) is 0 Å². The summed E-state index contributed by atoms with van der Waals surface area (Å²) in [6.07, 6.45) is 2.08. The van der Waals surface area contributed by atoms with Crippen molar-refractivity contribution in [3.63, 3.8) is 0 Å². The number of hydrogen-bond donors (Lipinski definition) is 3. The molecule has 0 aromatic rings. The second kappa shape index (κ2) is 6.95. The normalized spacial score (nSPS) is 16.2. The van der Waals surface area contributed by atoms with Gasteiger partial charge >= 0.3 is 6.03 Å². The molecule has 1 fully saturated rings. The SMILES string of the molecule is CNC(=O)NC(=O)C(C)NCC(=O)N1CCCC1. The Bertz CT molecular complexity index is 326. The van der Waals surface area contributed by atoms with Crippen molar-refractivity contribution in [3.8, 4) is 0 Å². The predicted molar refractivity (Wildman–Crippen MR) is 65.9 cm³/mol. The van der Waals surface area contributed by atoms with Crippen LogP contribution in [0.3, 0.4) is 0 Å². The van der Waals surface area contributed by atoms with Crippen molar-refractivity contribution in [1.29, 1.82) is 0 Å². The lowest BCUT2D eigenvalue weighted by Gasteiger charge is -2.18. The summed E-state index contributed by atoms with van der Waals surface area (Å²) in [5, 5.41) is 7.24. The number of nitrogens with one attached hydrogen (secondary N) is 3. The molecule has 1 aliphatic heterocycles. The van der Waals surface area contributed by atoms with E-state index in [1.807, 2.05) is 0 Å². The number of likely N-dealkylation sites (tertiary alicyclic amines) is 1. The Hall–Kier alpha value is -1.63. The van der Waals surface area contributed by atoms with Crippen LogP contribution in [-0.2, 0) is 9.59 Å². The van der Waals surface area contributed by atoms with Crippen LogP contribution in [0.2, 0.25) is 0 Å². The zero-order chi connectivity index (χ0) is 13.5. The van der Waals surface area contributed by atoms with E-state index in [0.29, 0.717) is 0 Å². The summed E-state index contributed by atoms with van der Waals surface area (Å²) in [4.78, 5) is 35.9. The van der Waals surface area contributed by atoms with Crippen molar-refractivity contribution >= 4 is 17.8 Å². The van der Waals surface area contributed by atoms with Crippen molar-refractivity contribution in [2.75, 3.05) is 26.7 Å². The van der Waals surface area contributed by atoms with Gasteiger partial charge in [-0.1, -0.05) is 0 Å². The summed E-state index contributed by atoms with van der Waals surface area (Å²) < 4.78 is 0. The van der Waals surface area contributed by atoms with Crippen LogP contribution >= 0.6 is 0 Å². The van der Waals surface area contributed by atoms with E-state index in [2.05, 4.69) is 16.0 Å². The number of rotatable bonds is 4. The Labute approximate surface area is 106 Å². The quantitative estimate of drug-likeness (QED) is 0.604. The van der Waals surface area contributed by atoms with Gasteiger partial charge in [-0.3, -0.25) is 20.2 Å². The second-order valence-electron chi connectivity index (χ2n) is 4.26. The van der Waals surface area contributed by atoms with E-state index in [1.54, 1.807) is 11.8 Å². The van der Waals surface area contributed by atoms with Gasteiger partial charge in [0.15, 0.2) is 0 Å². The molecule has 0 radical (unpaired) electrons. The summed E-state index contributed by atoms with van der Waals surface area (Å²) in [5.41, 5.74) is 0. The smallest absolute Gasteiger partial charge is 0.321 e. The number of imide groups is 1. The van der Waals surface area contributed by atoms with Gasteiger partial charge in [0.2, 0.25) is 11.8 Å². The fourth-order valence-electron chi connectivity index (χ4n) is 1.69. The predicted octanol–water partition coefficient (Wildman–Crippen LogP) is -0.957. The van der Waals surface area contributed by atoms with Crippen LogP contribution in [0, 0.1) is 0 Å². The molecule has 1 saturated heterocycles. The first kappa shape index (κ1) is 14.4. The zero-order valence-corrected chi connectivity index (χ0v) is 10.8. The Kier molecular flexibility index (Phi) is 5.57. The van der Waals surface area contributed by atoms with E-state index < -0.39 is 18.0 Å². The molecule has 1 aliphatic rings. The summed E-state index contributed by atoms with van der Waals surface area (Å²) in [6.45, 7) is 3.30. The van der Waals surface area contributed by atoms with Crippen molar-refractivity contribution in [2.45, 2.75) is 25.8 Å². The van der Waals surface area contributed by atoms with E-state index in [4.69, 9.17) is 0 Å². The lowest BCUT2D eigenvalue weighted by molar-refractivity contribution is -0.129. The summed E-state index contributed by atoms with van der Waals surface area (Å²) >= 11 is 0. The van der Waals surface area contributed by atoms with Crippen LogP contribution in [0.1, 0.15) is 19.8 Å². The Morgan fingerprint density at radius 1 is 1.22 bits per heavy atom. The molecular formula is C11H20N4O3. The van der Waals surface area contributed by atoms with Crippen LogP contribution in [0.25, 0.3) is 0 Å². The van der Waals surface area contributed by atoms with E-state index in [9.17, 15) is 14.4 Å². The third kappa shape index (κ3) is 4.33. The van der Waals surface area contributed by atoms with Gasteiger partial charge in [0, 0.05) is 20.1 Å². The number of hydrogen-bond acceptors (Lipinski definition) is 4. The van der Waals surface area contributed by atoms with Crippen molar-refractivity contribution in [2.24, 2.45) is 0 Å². The molecule has 1 atom stereocenters. The zero-order valence-electron chi connectivity index (χ0n) is 10.8.